The summed E-state index contributed by atoms with van der Waals surface area (Å²) in [5, 5.41) is 9.35. The predicted molar refractivity (Wildman–Crippen MR) is 65.8 cm³/mol. The van der Waals surface area contributed by atoms with Gasteiger partial charge in [-0.2, -0.15) is 0 Å². The quantitative estimate of drug-likeness (QED) is 0.581. The number of rotatable bonds is 4. The molecule has 1 unspecified atom stereocenters. The Kier molecular flexibility index (Phi) is 4.98. The molecule has 0 saturated carbocycles. The number of aliphatic hydroxyl groups is 1. The summed E-state index contributed by atoms with van der Waals surface area (Å²) in [7, 11) is 1.64. The summed E-state index contributed by atoms with van der Waals surface area (Å²) in [5.41, 5.74) is 0. The summed E-state index contributed by atoms with van der Waals surface area (Å²) >= 11 is 0. The molecule has 0 aromatic heterocycles. The predicted octanol–water partition coefficient (Wildman–Crippen LogP) is 3.42. The zero-order valence-electron chi connectivity index (χ0n) is 10.1. The van der Waals surface area contributed by atoms with E-state index >= 15 is 0 Å². The first-order valence-corrected chi connectivity index (χ1v) is 5.69. The molecule has 1 N–H and O–H groups in total. The largest absolute Gasteiger partial charge is 0.513 e. The van der Waals surface area contributed by atoms with E-state index in [0.29, 0.717) is 17.6 Å². The van der Waals surface area contributed by atoms with Gasteiger partial charge in [0.25, 0.3) is 0 Å². The molecule has 16 heavy (non-hydrogen) atoms. The first kappa shape index (κ1) is 12.7. The van der Waals surface area contributed by atoms with Crippen LogP contribution in [0.4, 0.5) is 0 Å². The van der Waals surface area contributed by atoms with Crippen molar-refractivity contribution in [3.05, 3.63) is 24.2 Å². The maximum absolute atomic E-state index is 9.35. The van der Waals surface area contributed by atoms with Gasteiger partial charge in [-0.15, -0.1) is 5.92 Å². The highest BCUT2D eigenvalue weighted by Gasteiger charge is 2.23. The minimum absolute atomic E-state index is 0.293. The van der Waals surface area contributed by atoms with Gasteiger partial charge in [-0.05, 0) is 31.8 Å². The first-order valence-electron chi connectivity index (χ1n) is 5.69. The van der Waals surface area contributed by atoms with Crippen molar-refractivity contribution in [3.63, 3.8) is 0 Å². The summed E-state index contributed by atoms with van der Waals surface area (Å²) in [6.07, 6.45) is 5.37. The van der Waals surface area contributed by atoms with Gasteiger partial charge in [0.2, 0.25) is 0 Å². The SMILES string of the molecule is C=C(CC(C#CC)[C@@H]1CC=C(O)CC1)OC. The van der Waals surface area contributed by atoms with Crippen molar-refractivity contribution in [1.82, 2.24) is 0 Å². The molecule has 2 nitrogen and oxygen atoms in total. The fourth-order valence-corrected chi connectivity index (χ4v) is 2.06. The fourth-order valence-electron chi connectivity index (χ4n) is 2.06. The van der Waals surface area contributed by atoms with Gasteiger partial charge < -0.3 is 9.84 Å². The molecule has 0 spiro atoms. The lowest BCUT2D eigenvalue weighted by atomic mass is 9.81. The third kappa shape index (κ3) is 3.66. The lowest BCUT2D eigenvalue weighted by Gasteiger charge is -2.25. The van der Waals surface area contributed by atoms with Crippen LogP contribution in [-0.2, 0) is 4.74 Å². The van der Waals surface area contributed by atoms with Crippen LogP contribution in [0, 0.1) is 23.7 Å². The highest BCUT2D eigenvalue weighted by atomic mass is 16.5. The molecule has 0 radical (unpaired) electrons. The van der Waals surface area contributed by atoms with Gasteiger partial charge in [0.15, 0.2) is 0 Å². The molecule has 0 aromatic carbocycles. The van der Waals surface area contributed by atoms with Crippen molar-refractivity contribution >= 4 is 0 Å². The summed E-state index contributed by atoms with van der Waals surface area (Å²) < 4.78 is 5.11. The van der Waals surface area contributed by atoms with Gasteiger partial charge >= 0.3 is 0 Å². The molecule has 2 atom stereocenters. The van der Waals surface area contributed by atoms with Gasteiger partial charge in [0, 0.05) is 18.8 Å². The molecule has 1 aliphatic rings. The van der Waals surface area contributed by atoms with E-state index in [-0.39, 0.29) is 0 Å². The van der Waals surface area contributed by atoms with E-state index in [1.165, 1.54) is 0 Å². The third-order valence-corrected chi connectivity index (χ3v) is 3.06. The third-order valence-electron chi connectivity index (χ3n) is 3.06. The molecule has 0 bridgehead atoms. The van der Waals surface area contributed by atoms with Gasteiger partial charge in [0.05, 0.1) is 18.6 Å². The Bertz CT molecular complexity index is 330. The molecule has 0 heterocycles. The van der Waals surface area contributed by atoms with Crippen molar-refractivity contribution < 1.29 is 9.84 Å². The van der Waals surface area contributed by atoms with Crippen molar-refractivity contribution in [1.29, 1.82) is 0 Å². The van der Waals surface area contributed by atoms with E-state index in [0.717, 1.165) is 31.4 Å². The second kappa shape index (κ2) is 6.27. The van der Waals surface area contributed by atoms with Crippen LogP contribution in [0.1, 0.15) is 32.6 Å². The zero-order chi connectivity index (χ0) is 12.0. The molecule has 88 valence electrons. The maximum atomic E-state index is 9.35. The second-order valence-corrected chi connectivity index (χ2v) is 4.18. The van der Waals surface area contributed by atoms with Gasteiger partial charge in [-0.3, -0.25) is 0 Å². The van der Waals surface area contributed by atoms with Gasteiger partial charge in [0.1, 0.15) is 0 Å². The molecule has 0 aromatic rings. The Morgan fingerprint density at radius 3 is 3.00 bits per heavy atom. The van der Waals surface area contributed by atoms with Crippen LogP contribution in [-0.4, -0.2) is 12.2 Å². The minimum Gasteiger partial charge on any atom is -0.513 e. The van der Waals surface area contributed by atoms with Gasteiger partial charge in [-0.25, -0.2) is 0 Å². The molecule has 0 saturated heterocycles. The smallest absolute Gasteiger partial charge is 0.0896 e. The first-order chi connectivity index (χ1) is 7.67. The number of methoxy groups -OCH3 is 1. The van der Waals surface area contributed by atoms with E-state index in [9.17, 15) is 5.11 Å². The van der Waals surface area contributed by atoms with Crippen LogP contribution < -0.4 is 0 Å². The van der Waals surface area contributed by atoms with Crippen molar-refractivity contribution in [2.75, 3.05) is 7.11 Å². The van der Waals surface area contributed by atoms with E-state index in [4.69, 9.17) is 4.74 Å². The van der Waals surface area contributed by atoms with E-state index < -0.39 is 0 Å². The Morgan fingerprint density at radius 2 is 2.50 bits per heavy atom. The lowest BCUT2D eigenvalue weighted by molar-refractivity contribution is 0.242. The normalized spacial score (nSPS) is 21.4. The Balaban J connectivity index is 2.62. The van der Waals surface area contributed by atoms with Gasteiger partial charge in [-0.1, -0.05) is 12.5 Å². The Morgan fingerprint density at radius 1 is 1.75 bits per heavy atom. The standard InChI is InChI=1S/C14H20O2/c1-4-5-13(10-11(2)16-3)12-6-8-14(15)9-7-12/h8,12-13,15H,2,6-7,9-10H2,1,3H3/t12-,13?/m1/s1. The zero-order valence-corrected chi connectivity index (χ0v) is 10.1. The highest BCUT2D eigenvalue weighted by molar-refractivity contribution is 5.10. The van der Waals surface area contributed by atoms with E-state index in [1.54, 1.807) is 7.11 Å². The van der Waals surface area contributed by atoms with Crippen molar-refractivity contribution in [2.24, 2.45) is 11.8 Å². The lowest BCUT2D eigenvalue weighted by Crippen LogP contribution is -2.17. The van der Waals surface area contributed by atoms with Crippen LogP contribution in [0.5, 0.6) is 0 Å². The summed E-state index contributed by atoms with van der Waals surface area (Å²) in [6.45, 7) is 5.71. The van der Waals surface area contributed by atoms with Crippen LogP contribution >= 0.6 is 0 Å². The number of aliphatic hydroxyl groups excluding tert-OH is 1. The van der Waals surface area contributed by atoms with E-state index in [2.05, 4.69) is 18.4 Å². The molecule has 0 aliphatic heterocycles. The van der Waals surface area contributed by atoms with Crippen LogP contribution in [0.3, 0.4) is 0 Å². The Labute approximate surface area is 98.0 Å². The second-order valence-electron chi connectivity index (χ2n) is 4.18. The van der Waals surface area contributed by atoms with E-state index in [1.807, 2.05) is 13.0 Å². The van der Waals surface area contributed by atoms with Crippen LogP contribution in [0.2, 0.25) is 0 Å². The molecule has 1 aliphatic carbocycles. The van der Waals surface area contributed by atoms with Crippen molar-refractivity contribution in [2.45, 2.75) is 32.6 Å². The number of ether oxygens (including phenoxy) is 1. The number of allylic oxidation sites excluding steroid dienone is 3. The fraction of sp³-hybridized carbons (Fsp3) is 0.571. The number of hydrogen-bond acceptors (Lipinski definition) is 2. The highest BCUT2D eigenvalue weighted by Crippen LogP contribution is 2.31. The topological polar surface area (TPSA) is 29.5 Å². The molecule has 2 heteroatoms. The van der Waals surface area contributed by atoms with Crippen molar-refractivity contribution in [3.8, 4) is 11.8 Å². The average molecular weight is 220 g/mol. The minimum atomic E-state index is 0.293. The molecule has 1 rings (SSSR count). The maximum Gasteiger partial charge on any atom is 0.0896 e. The summed E-state index contributed by atoms with van der Waals surface area (Å²) in [5.74, 6) is 8.31. The molecule has 0 fully saturated rings. The summed E-state index contributed by atoms with van der Waals surface area (Å²) in [6, 6.07) is 0. The molecular weight excluding hydrogens is 200 g/mol. The summed E-state index contributed by atoms with van der Waals surface area (Å²) in [4.78, 5) is 0. The monoisotopic (exact) mass is 220 g/mol. The number of hydrogen-bond donors (Lipinski definition) is 1. The average Bonchev–Trinajstić information content (AvgIpc) is 2.29. The Hall–Kier alpha value is -1.36. The molecular formula is C14H20O2. The molecule has 0 amide bonds. The van der Waals surface area contributed by atoms with Crippen LogP contribution in [0.15, 0.2) is 24.2 Å². The van der Waals surface area contributed by atoms with Crippen LogP contribution in [0.25, 0.3) is 0 Å².